The zero-order valence-electron chi connectivity index (χ0n) is 63.6. The number of H-pyrrole nitrogens is 1. The summed E-state index contributed by atoms with van der Waals surface area (Å²) in [6, 6.07) is -17.5. The molecule has 0 radical (unpaired) electrons. The van der Waals surface area contributed by atoms with E-state index in [1.165, 1.54) is 31.3 Å². The predicted molar refractivity (Wildman–Crippen MR) is 413 cm³/mol. The lowest BCUT2D eigenvalue weighted by molar-refractivity contribution is -0.142. The minimum Gasteiger partial charge on any atom is -0.480 e. The Labute approximate surface area is 648 Å². The van der Waals surface area contributed by atoms with Crippen LogP contribution in [0.1, 0.15) is 148 Å². The van der Waals surface area contributed by atoms with Crippen molar-refractivity contribution >= 4 is 107 Å². The summed E-state index contributed by atoms with van der Waals surface area (Å²) in [5.74, 6) is -13.8. The third-order valence-electron chi connectivity index (χ3n) is 17.4. The SMILES string of the molecule is C[C@H](NC(=O)[C@H](CCCN=C(N)N)NC(=O)[C@H](CCC(N)=O)NC(=O)[C@@H]1CCCN1C(=O)[C@@H](N)[C@@H](C)O)C(=O)N[C@@H](CCCN=C(N)N)C(=O)N[C@@H](CCCN=C(N)N)C(=O)N[C@@H](CCCN=C(N)N)C(=O)N[C@@H](CCCCN)C(=O)N[C@@H](CCCCN)C(=O)N[C@@H](CCCN=C(N)N)C(=O)N[C@@H](Cc1cnc[nH]1)C(=O)O. The highest BCUT2D eigenvalue weighted by Crippen LogP contribution is 2.20. The number of carboxylic acid groups (broad SMARTS) is 1. The maximum Gasteiger partial charge on any atom is 0.326 e. The molecule has 1 aliphatic heterocycles. The topological polar surface area (TPSA) is 841 Å². The molecule has 0 bridgehead atoms. The van der Waals surface area contributed by atoms with Crippen molar-refractivity contribution in [3.8, 4) is 0 Å². The number of primary amides is 1. The largest absolute Gasteiger partial charge is 0.480 e. The fourth-order valence-corrected chi connectivity index (χ4v) is 11.3. The first-order valence-electron chi connectivity index (χ1n) is 36.9. The molecule has 0 unspecified atom stereocenters. The molecule has 630 valence electrons. The highest BCUT2D eigenvalue weighted by atomic mass is 16.4. The number of aliphatic carboxylic acids is 1. The lowest BCUT2D eigenvalue weighted by Crippen LogP contribution is -2.60. The predicted octanol–water partition coefficient (Wildman–Crippen LogP) is -11.6. The average Bonchev–Trinajstić information content (AvgIpc) is 1.65. The molecule has 12 amide bonds. The van der Waals surface area contributed by atoms with E-state index in [4.69, 9.17) is 80.3 Å². The van der Waals surface area contributed by atoms with E-state index in [-0.39, 0.29) is 191 Å². The van der Waals surface area contributed by atoms with Gasteiger partial charge >= 0.3 is 5.97 Å². The van der Waals surface area contributed by atoms with E-state index >= 15 is 0 Å². The summed E-state index contributed by atoms with van der Waals surface area (Å²) in [6.07, 6.45) is 1.23. The van der Waals surface area contributed by atoms with Crippen molar-refractivity contribution < 1.29 is 72.5 Å². The number of aromatic nitrogens is 2. The molecule has 1 aliphatic rings. The van der Waals surface area contributed by atoms with Gasteiger partial charge < -0.3 is 154 Å². The molecule has 2 rings (SSSR count). The van der Waals surface area contributed by atoms with E-state index in [0.717, 1.165) is 0 Å². The number of unbranched alkanes of at least 4 members (excludes halogenated alkanes) is 2. The summed E-state index contributed by atoms with van der Waals surface area (Å²) in [7, 11) is 0. The number of aliphatic hydroxyl groups excluding tert-OH is 1. The number of aliphatic hydroxyl groups is 1. The van der Waals surface area contributed by atoms with Gasteiger partial charge in [-0.15, -0.1) is 0 Å². The average molecular weight is 1590 g/mol. The fourth-order valence-electron chi connectivity index (χ4n) is 11.3. The normalized spacial score (nSPS) is 15.5. The number of nitrogens with one attached hydrogen (secondary N) is 11. The second-order valence-corrected chi connectivity index (χ2v) is 26.7. The van der Waals surface area contributed by atoms with Gasteiger partial charge in [0.15, 0.2) is 29.8 Å². The van der Waals surface area contributed by atoms with Crippen molar-refractivity contribution in [2.75, 3.05) is 52.4 Å². The van der Waals surface area contributed by atoms with Gasteiger partial charge in [0.25, 0.3) is 0 Å². The smallest absolute Gasteiger partial charge is 0.326 e. The number of guanidine groups is 5. The van der Waals surface area contributed by atoms with E-state index in [0.29, 0.717) is 25.0 Å². The molecule has 47 nitrogen and oxygen atoms in total. The first-order chi connectivity index (χ1) is 53.0. The zero-order chi connectivity index (χ0) is 84.0. The van der Waals surface area contributed by atoms with Crippen LogP contribution < -0.4 is 133 Å². The van der Waals surface area contributed by atoms with Crippen LogP contribution in [0.5, 0.6) is 0 Å². The van der Waals surface area contributed by atoms with E-state index in [1.54, 1.807) is 0 Å². The number of rotatable bonds is 56. The van der Waals surface area contributed by atoms with Crippen LogP contribution in [-0.2, 0) is 68.7 Å². The number of carboxylic acids is 1. The van der Waals surface area contributed by atoms with Crippen molar-refractivity contribution in [1.29, 1.82) is 0 Å². The van der Waals surface area contributed by atoms with Crippen LogP contribution in [0.25, 0.3) is 0 Å². The first-order valence-corrected chi connectivity index (χ1v) is 36.9. The minimum atomic E-state index is -1.57. The standard InChI is InChI=1S/C65H120N32O15/c1-34(87-50(101)39(15-7-25-81-61(70)71)91-57(108)44(21-22-47(68)99)95-58(109)46-20-12-30-97(46)59(110)48(69)35(2)98)49(100)88-40(16-8-26-82-62(72)73)53(104)92-42(18-10-28-84-64(76)77)55(106)93-41(17-9-27-83-63(74)75)54(105)90-37(13-3-5-23-66)51(102)89-38(14-4-6-24-67)52(103)94-43(19-11-29-85-65(78)79)56(107)96-45(60(111)112)31-36-32-80-33-86-36/h32-35,37-46,48,98H,3-31,66-67,69H2,1-2H3,(H2,68,99)(H,80,86)(H,87,101)(H,88,100)(H,89,102)(H,90,105)(H,91,108)(H,92,104)(H,93,106)(H,94,103)(H,95,109)(H,96,107)(H,111,112)(H4,70,71,81)(H4,72,73,82)(H4,74,75,83)(H4,76,77,84)(H4,78,79,85)/t34-,35+,37-,38-,39-,40-,41-,42-,43-,44-,45-,46-,48-/m0/s1. The summed E-state index contributed by atoms with van der Waals surface area (Å²) in [5, 5.41) is 46.0. The number of aliphatic imine (C=N–C) groups is 5. The molecule has 1 aromatic rings. The molecule has 0 spiro atoms. The number of hydrogen-bond acceptors (Lipinski definition) is 23. The van der Waals surface area contributed by atoms with Crippen molar-refractivity contribution in [3.05, 3.63) is 18.2 Å². The van der Waals surface area contributed by atoms with Gasteiger partial charge in [-0.1, -0.05) is 0 Å². The van der Waals surface area contributed by atoms with Gasteiger partial charge in [0.2, 0.25) is 70.9 Å². The molecular weight excluding hydrogens is 1470 g/mol. The molecule has 0 saturated carbocycles. The maximum absolute atomic E-state index is 14.8. The zero-order valence-corrected chi connectivity index (χ0v) is 63.6. The molecule has 1 fully saturated rings. The summed E-state index contributed by atoms with van der Waals surface area (Å²) in [6.45, 7) is 2.71. The van der Waals surface area contributed by atoms with E-state index in [9.17, 15) is 72.5 Å². The maximum atomic E-state index is 14.8. The number of amides is 12. The highest BCUT2D eigenvalue weighted by molar-refractivity contribution is 6.00. The van der Waals surface area contributed by atoms with E-state index < -0.39 is 162 Å². The Morgan fingerprint density at radius 2 is 0.768 bits per heavy atom. The Kier molecular flexibility index (Phi) is 45.4. The third kappa shape index (κ3) is 38.7. The van der Waals surface area contributed by atoms with Crippen LogP contribution >= 0.6 is 0 Å². The monoisotopic (exact) mass is 1590 g/mol. The molecule has 112 heavy (non-hydrogen) atoms. The Balaban J connectivity index is 2.64. The number of likely N-dealkylation sites (tertiary alicyclic amines) is 1. The Morgan fingerprint density at radius 3 is 1.06 bits per heavy atom. The molecule has 2 heterocycles. The van der Waals surface area contributed by atoms with Crippen LogP contribution in [0.2, 0.25) is 0 Å². The number of hydrogen-bond donors (Lipinski definition) is 27. The van der Waals surface area contributed by atoms with Crippen molar-refractivity contribution in [1.82, 2.24) is 68.0 Å². The van der Waals surface area contributed by atoms with E-state index in [1.807, 2.05) is 0 Å². The van der Waals surface area contributed by atoms with Crippen LogP contribution in [0.15, 0.2) is 37.5 Å². The van der Waals surface area contributed by atoms with Crippen molar-refractivity contribution in [2.45, 2.75) is 227 Å². The van der Waals surface area contributed by atoms with Gasteiger partial charge in [0.1, 0.15) is 72.5 Å². The highest BCUT2D eigenvalue weighted by Gasteiger charge is 2.40. The Morgan fingerprint density at radius 1 is 0.455 bits per heavy atom. The third-order valence-corrected chi connectivity index (χ3v) is 17.4. The quantitative estimate of drug-likeness (QED) is 0.0164. The Bertz CT molecular complexity index is 3360. The van der Waals surface area contributed by atoms with Gasteiger partial charge in [-0.2, -0.15) is 0 Å². The molecule has 1 saturated heterocycles. The molecule has 13 atom stereocenters. The molecule has 1 aromatic heterocycles. The summed E-state index contributed by atoms with van der Waals surface area (Å²) >= 11 is 0. The van der Waals surface area contributed by atoms with Gasteiger partial charge in [0.05, 0.1) is 12.4 Å². The number of carbonyl (C=O) groups excluding carboxylic acids is 12. The van der Waals surface area contributed by atoms with Gasteiger partial charge in [0, 0.05) is 64.0 Å². The lowest BCUT2D eigenvalue weighted by Gasteiger charge is -2.29. The number of nitrogens with two attached hydrogens (primary N) is 14. The fraction of sp³-hybridized carbons (Fsp3) is 0.677. The van der Waals surface area contributed by atoms with Crippen LogP contribution in [0.4, 0.5) is 0 Å². The molecule has 0 aromatic carbocycles. The second kappa shape index (κ2) is 52.6. The summed E-state index contributed by atoms with van der Waals surface area (Å²) < 4.78 is 0. The number of carbonyl (C=O) groups is 13. The molecule has 41 N–H and O–H groups in total. The second-order valence-electron chi connectivity index (χ2n) is 26.7. The summed E-state index contributed by atoms with van der Waals surface area (Å²) in [4.78, 5) is 209. The Hall–Kier alpha value is -11.5. The summed E-state index contributed by atoms with van der Waals surface area (Å²) in [5.41, 5.74) is 79.2. The molecule has 0 aliphatic carbocycles. The number of nitrogens with zero attached hydrogens (tertiary/aromatic N) is 7. The molecule has 47 heteroatoms. The van der Waals surface area contributed by atoms with Crippen molar-refractivity contribution in [2.24, 2.45) is 105 Å². The van der Waals surface area contributed by atoms with Crippen LogP contribution in [0.3, 0.4) is 0 Å². The lowest BCUT2D eigenvalue weighted by atomic mass is 10.0. The van der Waals surface area contributed by atoms with Gasteiger partial charge in [-0.25, -0.2) is 9.78 Å². The van der Waals surface area contributed by atoms with Gasteiger partial charge in [-0.3, -0.25) is 82.5 Å². The number of imidazole rings is 1. The first kappa shape index (κ1) is 96.6. The van der Waals surface area contributed by atoms with Crippen LogP contribution in [-0.4, -0.2) is 263 Å². The molecular formula is C65H120N32O15. The number of aromatic amines is 1. The van der Waals surface area contributed by atoms with Gasteiger partial charge in [-0.05, 0) is 149 Å². The van der Waals surface area contributed by atoms with E-state index in [2.05, 4.69) is 88.1 Å². The minimum absolute atomic E-state index is 0.00584. The van der Waals surface area contributed by atoms with Crippen molar-refractivity contribution in [3.63, 3.8) is 0 Å². The van der Waals surface area contributed by atoms with Crippen LogP contribution in [0, 0.1) is 0 Å².